The molecule has 0 spiro atoms. The first-order valence-corrected chi connectivity index (χ1v) is 11.9. The zero-order valence-corrected chi connectivity index (χ0v) is 18.8. The van der Waals surface area contributed by atoms with Crippen LogP contribution >= 0.6 is 11.3 Å². The fourth-order valence-electron chi connectivity index (χ4n) is 5.86. The highest BCUT2D eigenvalue weighted by Gasteiger charge is 2.70. The molecule has 3 aliphatic heterocycles. The molecule has 0 saturated carbocycles. The lowest BCUT2D eigenvalue weighted by molar-refractivity contribution is -0.231. The van der Waals surface area contributed by atoms with Crippen molar-refractivity contribution in [2.24, 2.45) is 0 Å². The van der Waals surface area contributed by atoms with E-state index >= 15 is 0 Å². The van der Waals surface area contributed by atoms with Crippen molar-refractivity contribution in [1.29, 1.82) is 5.26 Å². The van der Waals surface area contributed by atoms with Gasteiger partial charge in [-0.1, -0.05) is 6.07 Å². The molecule has 2 unspecified atom stereocenters. The zero-order valence-electron chi connectivity index (χ0n) is 18.0. The Labute approximate surface area is 190 Å². The van der Waals surface area contributed by atoms with Gasteiger partial charge in [-0.15, -0.1) is 16.3 Å². The second-order valence-electron chi connectivity index (χ2n) is 9.17. The summed E-state index contributed by atoms with van der Waals surface area (Å²) in [5.74, 6) is -0.175. The van der Waals surface area contributed by atoms with Crippen molar-refractivity contribution in [1.82, 2.24) is 19.9 Å². The van der Waals surface area contributed by atoms with E-state index in [0.29, 0.717) is 35.6 Å². The number of fused-ring (bicyclic) bond motifs is 1. The highest BCUT2D eigenvalue weighted by atomic mass is 32.1. The number of rotatable bonds is 5. The van der Waals surface area contributed by atoms with Crippen molar-refractivity contribution >= 4 is 38.8 Å². The smallest absolute Gasteiger partial charge is 0.263 e. The lowest BCUT2D eigenvalue weighted by Gasteiger charge is -2.65. The molecular weight excluding hydrogens is 420 g/mol. The second-order valence-corrected chi connectivity index (χ2v) is 10.2. The van der Waals surface area contributed by atoms with Crippen LogP contribution in [0.5, 0.6) is 0 Å². The number of hydrogen-bond acceptors (Lipinski definition) is 6. The average Bonchev–Trinajstić information content (AvgIpc) is 3.13. The third-order valence-electron chi connectivity index (χ3n) is 7.32. The van der Waals surface area contributed by atoms with Crippen LogP contribution in [0.3, 0.4) is 0 Å². The van der Waals surface area contributed by atoms with E-state index in [-0.39, 0.29) is 5.91 Å². The summed E-state index contributed by atoms with van der Waals surface area (Å²) >= 11 is 1.33. The Morgan fingerprint density at radius 2 is 2.09 bits per heavy atom. The molecule has 3 N–H and O–H groups in total. The van der Waals surface area contributed by atoms with Gasteiger partial charge in [-0.2, -0.15) is 5.26 Å². The Hall–Kier alpha value is -2.99. The van der Waals surface area contributed by atoms with Crippen molar-refractivity contribution < 1.29 is 4.79 Å². The number of piperazine rings is 1. The Bertz CT molecular complexity index is 1290. The molecule has 3 saturated heterocycles. The number of anilines is 1. The zero-order chi connectivity index (χ0) is 22.0. The Morgan fingerprint density at radius 3 is 2.84 bits per heavy atom. The van der Waals surface area contributed by atoms with Gasteiger partial charge in [0, 0.05) is 23.7 Å². The Morgan fingerprint density at radius 1 is 1.31 bits per heavy atom. The van der Waals surface area contributed by atoms with Crippen LogP contribution in [0.25, 0.3) is 10.2 Å². The van der Waals surface area contributed by atoms with Crippen LogP contribution in [0.1, 0.15) is 39.3 Å². The monoisotopic (exact) mass is 445 g/mol. The van der Waals surface area contributed by atoms with E-state index in [1.54, 1.807) is 0 Å². The van der Waals surface area contributed by atoms with Crippen LogP contribution in [-0.4, -0.2) is 47.6 Å². The maximum absolute atomic E-state index is 12.7. The molecule has 162 valence electrons. The minimum absolute atomic E-state index is 0.175. The number of hydrogen-bond donors (Lipinski definition) is 2. The van der Waals surface area contributed by atoms with Crippen molar-refractivity contribution in [2.45, 2.75) is 38.3 Å². The molecule has 7 nitrogen and oxygen atoms in total. The molecule has 6 rings (SSSR count). The van der Waals surface area contributed by atoms with Gasteiger partial charge in [-0.05, 0) is 49.9 Å². The molecule has 3 aliphatic rings. The van der Waals surface area contributed by atoms with E-state index in [0.717, 1.165) is 50.4 Å². The summed E-state index contributed by atoms with van der Waals surface area (Å²) in [4.78, 5) is 18.5. The minimum atomic E-state index is -0.175. The molecule has 8 heteroatoms. The highest BCUT2D eigenvalue weighted by molar-refractivity contribution is 7.21. The SMILES string of the molecule is Cc1ccc2c(N)c(C(=O)NCCc3ccc([N+]45CC6CCC(C4)N65)c(C#N)c3)sc2n1. The molecule has 0 aliphatic carbocycles. The van der Waals surface area contributed by atoms with Crippen molar-refractivity contribution in [2.75, 3.05) is 25.4 Å². The molecule has 2 atom stereocenters. The number of nitrogen functional groups attached to an aromatic ring is 1. The number of carbonyl (C=O) groups excluding carboxylic acids is 1. The van der Waals surface area contributed by atoms with Gasteiger partial charge < -0.3 is 11.1 Å². The number of nitrogens with two attached hydrogens (primary N) is 1. The number of amides is 1. The molecule has 0 radical (unpaired) electrons. The van der Waals surface area contributed by atoms with Gasteiger partial charge in [0.2, 0.25) is 0 Å². The number of aromatic nitrogens is 1. The van der Waals surface area contributed by atoms with E-state index in [1.807, 2.05) is 25.1 Å². The number of aryl methyl sites for hydroxylation is 1. The van der Waals surface area contributed by atoms with Crippen molar-refractivity contribution in [3.8, 4) is 6.07 Å². The van der Waals surface area contributed by atoms with Gasteiger partial charge in [-0.25, -0.2) is 9.58 Å². The first-order chi connectivity index (χ1) is 15.5. The van der Waals surface area contributed by atoms with E-state index < -0.39 is 0 Å². The van der Waals surface area contributed by atoms with Gasteiger partial charge >= 0.3 is 0 Å². The minimum Gasteiger partial charge on any atom is -0.397 e. The molecule has 1 aromatic carbocycles. The molecule has 1 amide bonds. The van der Waals surface area contributed by atoms with E-state index in [4.69, 9.17) is 5.73 Å². The number of thiophene rings is 1. The fraction of sp³-hybridized carbons (Fsp3) is 0.375. The third kappa shape index (κ3) is 2.72. The first-order valence-electron chi connectivity index (χ1n) is 11.1. The number of carbonyl (C=O) groups is 1. The maximum atomic E-state index is 12.7. The van der Waals surface area contributed by atoms with Crippen LogP contribution < -0.4 is 15.6 Å². The standard InChI is InChI=1S/C24H24N6OS/c1-14-2-6-19-21(26)22(32-24(19)28-14)23(31)27-9-8-15-3-7-20(16(10-15)11-25)30-12-17-4-5-18(13-30)29(17)30/h2-3,6-7,10,17-18H,4-5,8-9,12-13H2,1H3,(H2-,26,27,31)/p+1. The fourth-order valence-corrected chi connectivity index (χ4v) is 6.92. The lowest BCUT2D eigenvalue weighted by atomic mass is 9.98. The van der Waals surface area contributed by atoms with Crippen molar-refractivity contribution in [3.63, 3.8) is 0 Å². The quantitative estimate of drug-likeness (QED) is 0.589. The van der Waals surface area contributed by atoms with E-state index in [2.05, 4.69) is 33.5 Å². The first kappa shape index (κ1) is 19.7. The van der Waals surface area contributed by atoms with E-state index in [1.165, 1.54) is 24.2 Å². The predicted molar refractivity (Wildman–Crippen MR) is 126 cm³/mol. The number of benzene rings is 1. The van der Waals surface area contributed by atoms with Gasteiger partial charge in [-0.3, -0.25) is 4.79 Å². The van der Waals surface area contributed by atoms with Gasteiger partial charge in [0.1, 0.15) is 46.5 Å². The Kier molecular flexibility index (Phi) is 4.31. The lowest BCUT2D eigenvalue weighted by Crippen LogP contribution is -2.88. The summed E-state index contributed by atoms with van der Waals surface area (Å²) in [6.07, 6.45) is 3.26. The van der Waals surface area contributed by atoms with Gasteiger partial charge in [0.15, 0.2) is 5.69 Å². The summed E-state index contributed by atoms with van der Waals surface area (Å²) in [6, 6.07) is 13.9. The molecule has 2 aromatic heterocycles. The molecule has 3 aromatic rings. The number of nitrogens with zero attached hydrogens (tertiary/aromatic N) is 4. The summed E-state index contributed by atoms with van der Waals surface area (Å²) in [7, 11) is 0. The number of pyridine rings is 1. The molecule has 5 heterocycles. The molecular formula is C24H25N6OS+. The predicted octanol–water partition coefficient (Wildman–Crippen LogP) is 3.11. The largest absolute Gasteiger partial charge is 0.397 e. The molecule has 0 bridgehead atoms. The summed E-state index contributed by atoms with van der Waals surface area (Å²) in [5.41, 5.74) is 10.5. The van der Waals surface area contributed by atoms with Gasteiger partial charge in [0.25, 0.3) is 5.91 Å². The third-order valence-corrected chi connectivity index (χ3v) is 8.43. The average molecular weight is 446 g/mol. The van der Waals surface area contributed by atoms with Crippen LogP contribution in [0.2, 0.25) is 0 Å². The number of nitrogens with one attached hydrogen (secondary N) is 1. The maximum Gasteiger partial charge on any atom is 0.263 e. The van der Waals surface area contributed by atoms with Crippen LogP contribution in [-0.2, 0) is 6.42 Å². The van der Waals surface area contributed by atoms with Crippen LogP contribution in [0.15, 0.2) is 30.3 Å². The van der Waals surface area contributed by atoms with Crippen molar-refractivity contribution in [3.05, 3.63) is 52.0 Å². The highest BCUT2D eigenvalue weighted by Crippen LogP contribution is 2.53. The summed E-state index contributed by atoms with van der Waals surface area (Å²) in [5, 5.41) is 16.2. The number of quaternary nitrogens is 1. The normalized spacial score (nSPS) is 25.6. The molecule has 3 fully saturated rings. The van der Waals surface area contributed by atoms with Crippen LogP contribution in [0, 0.1) is 18.3 Å². The molecule has 32 heavy (non-hydrogen) atoms. The van der Waals surface area contributed by atoms with Crippen LogP contribution in [0.4, 0.5) is 11.4 Å². The van der Waals surface area contributed by atoms with Gasteiger partial charge in [0.05, 0.1) is 5.69 Å². The topological polar surface area (TPSA) is 95.0 Å². The second kappa shape index (κ2) is 7.01. The summed E-state index contributed by atoms with van der Waals surface area (Å²) in [6.45, 7) is 4.67. The summed E-state index contributed by atoms with van der Waals surface area (Å²) < 4.78 is 0.869. The van der Waals surface area contributed by atoms with E-state index in [9.17, 15) is 10.1 Å². The number of nitriles is 1. The Balaban J connectivity index is 1.14.